The summed E-state index contributed by atoms with van der Waals surface area (Å²) in [7, 11) is 0. The van der Waals surface area contributed by atoms with Crippen LogP contribution in [0.1, 0.15) is 12.8 Å². The SMILES string of the molecule is O=C(O)C1CCN(c2cn[nH]c2[N+](=O)[O-])CC1. The van der Waals surface area contributed by atoms with Gasteiger partial charge in [0.15, 0.2) is 5.69 Å². The van der Waals surface area contributed by atoms with Gasteiger partial charge in [0.2, 0.25) is 0 Å². The third kappa shape index (κ3) is 2.19. The van der Waals surface area contributed by atoms with E-state index in [-0.39, 0.29) is 11.7 Å². The molecule has 1 aliphatic heterocycles. The number of aromatic amines is 1. The van der Waals surface area contributed by atoms with Crippen LogP contribution in [0.2, 0.25) is 0 Å². The van der Waals surface area contributed by atoms with Crippen LogP contribution in [0.25, 0.3) is 0 Å². The number of carboxylic acids is 1. The normalized spacial score (nSPS) is 17.1. The van der Waals surface area contributed by atoms with E-state index in [0.29, 0.717) is 31.6 Å². The number of aromatic nitrogens is 2. The van der Waals surface area contributed by atoms with Crippen LogP contribution in [0.5, 0.6) is 0 Å². The lowest BCUT2D eigenvalue weighted by atomic mass is 9.97. The zero-order valence-corrected chi connectivity index (χ0v) is 9.00. The molecular weight excluding hydrogens is 228 g/mol. The van der Waals surface area contributed by atoms with Crippen LogP contribution in [0, 0.1) is 16.0 Å². The molecule has 0 aromatic carbocycles. The average Bonchev–Trinajstić information content (AvgIpc) is 2.78. The Balaban J connectivity index is 2.08. The molecule has 0 amide bonds. The number of anilines is 1. The minimum absolute atomic E-state index is 0.140. The summed E-state index contributed by atoms with van der Waals surface area (Å²) in [5.41, 5.74) is 0.429. The topological polar surface area (TPSA) is 112 Å². The third-order valence-corrected chi connectivity index (χ3v) is 2.97. The van der Waals surface area contributed by atoms with E-state index in [1.165, 1.54) is 6.20 Å². The summed E-state index contributed by atoms with van der Waals surface area (Å²) in [6.45, 7) is 0.995. The molecule has 0 radical (unpaired) electrons. The van der Waals surface area contributed by atoms with E-state index < -0.39 is 10.9 Å². The Bertz CT molecular complexity index is 436. The van der Waals surface area contributed by atoms with Crippen LogP contribution in [0.3, 0.4) is 0 Å². The molecule has 17 heavy (non-hydrogen) atoms. The number of nitrogens with zero attached hydrogens (tertiary/aromatic N) is 3. The smallest absolute Gasteiger partial charge is 0.366 e. The molecule has 0 saturated carbocycles. The van der Waals surface area contributed by atoms with E-state index in [2.05, 4.69) is 10.2 Å². The van der Waals surface area contributed by atoms with Gasteiger partial charge in [-0.25, -0.2) is 0 Å². The number of aliphatic carboxylic acids is 1. The predicted octanol–water partition coefficient (Wildman–Crippen LogP) is 0.619. The van der Waals surface area contributed by atoms with Crippen molar-refractivity contribution in [1.29, 1.82) is 0 Å². The summed E-state index contributed by atoms with van der Waals surface area (Å²) >= 11 is 0. The quantitative estimate of drug-likeness (QED) is 0.591. The van der Waals surface area contributed by atoms with E-state index in [9.17, 15) is 14.9 Å². The van der Waals surface area contributed by atoms with Gasteiger partial charge in [0.1, 0.15) is 6.20 Å². The molecule has 1 fully saturated rings. The fourth-order valence-corrected chi connectivity index (χ4v) is 2.01. The average molecular weight is 240 g/mol. The Hall–Kier alpha value is -2.12. The van der Waals surface area contributed by atoms with Gasteiger partial charge in [-0.15, -0.1) is 5.10 Å². The van der Waals surface area contributed by atoms with Crippen LogP contribution >= 0.6 is 0 Å². The summed E-state index contributed by atoms with van der Waals surface area (Å²) in [4.78, 5) is 22.8. The number of carboxylic acid groups (broad SMARTS) is 1. The van der Waals surface area contributed by atoms with Gasteiger partial charge in [0.05, 0.1) is 5.92 Å². The van der Waals surface area contributed by atoms with Gasteiger partial charge in [-0.1, -0.05) is 5.10 Å². The Morgan fingerprint density at radius 2 is 2.24 bits per heavy atom. The molecule has 2 rings (SSSR count). The van der Waals surface area contributed by atoms with Gasteiger partial charge in [-0.2, -0.15) is 0 Å². The first-order valence-electron chi connectivity index (χ1n) is 5.25. The second-order valence-electron chi connectivity index (χ2n) is 3.96. The standard InChI is InChI=1S/C9H12N4O4/c14-9(15)6-1-3-12(4-2-6)7-5-10-11-8(7)13(16)17/h5-6H,1-4H2,(H,10,11)(H,14,15). The van der Waals surface area contributed by atoms with E-state index in [0.717, 1.165) is 0 Å². The van der Waals surface area contributed by atoms with Gasteiger partial charge in [0.25, 0.3) is 0 Å². The highest BCUT2D eigenvalue weighted by Gasteiger charge is 2.28. The number of piperidine rings is 1. The molecule has 1 saturated heterocycles. The highest BCUT2D eigenvalue weighted by molar-refractivity contribution is 5.70. The maximum Gasteiger partial charge on any atom is 0.366 e. The van der Waals surface area contributed by atoms with Crippen LogP contribution in [0.15, 0.2) is 6.20 Å². The van der Waals surface area contributed by atoms with Crippen molar-refractivity contribution in [2.75, 3.05) is 18.0 Å². The molecular formula is C9H12N4O4. The largest absolute Gasteiger partial charge is 0.481 e. The molecule has 0 atom stereocenters. The summed E-state index contributed by atoms with van der Waals surface area (Å²) in [6, 6.07) is 0. The third-order valence-electron chi connectivity index (χ3n) is 2.97. The van der Waals surface area contributed by atoms with E-state index in [1.807, 2.05) is 0 Å². The lowest BCUT2D eigenvalue weighted by Crippen LogP contribution is -2.36. The molecule has 92 valence electrons. The van der Waals surface area contributed by atoms with Crippen molar-refractivity contribution in [1.82, 2.24) is 10.2 Å². The van der Waals surface area contributed by atoms with Crippen molar-refractivity contribution in [2.45, 2.75) is 12.8 Å². The van der Waals surface area contributed by atoms with Gasteiger partial charge in [0, 0.05) is 13.1 Å². The number of nitro groups is 1. The fourth-order valence-electron chi connectivity index (χ4n) is 2.01. The maximum atomic E-state index is 10.8. The van der Waals surface area contributed by atoms with Crippen LogP contribution < -0.4 is 4.90 Å². The van der Waals surface area contributed by atoms with Crippen molar-refractivity contribution < 1.29 is 14.8 Å². The number of rotatable bonds is 3. The van der Waals surface area contributed by atoms with Crippen molar-refractivity contribution in [3.63, 3.8) is 0 Å². The summed E-state index contributed by atoms with van der Waals surface area (Å²) in [5.74, 6) is -1.29. The Kier molecular flexibility index (Phi) is 2.94. The first-order chi connectivity index (χ1) is 8.09. The van der Waals surface area contributed by atoms with Gasteiger partial charge in [-0.05, 0) is 17.8 Å². The molecule has 8 nitrogen and oxygen atoms in total. The Labute approximate surface area is 96.4 Å². The highest BCUT2D eigenvalue weighted by Crippen LogP contribution is 2.29. The number of carbonyl (C=O) groups is 1. The number of hydrogen-bond acceptors (Lipinski definition) is 5. The zero-order chi connectivity index (χ0) is 12.4. The number of H-pyrrole nitrogens is 1. The molecule has 1 aliphatic rings. The Morgan fingerprint density at radius 1 is 1.59 bits per heavy atom. The van der Waals surface area contributed by atoms with Crippen LogP contribution in [-0.4, -0.2) is 39.3 Å². The van der Waals surface area contributed by atoms with Crippen molar-refractivity contribution in [2.24, 2.45) is 5.92 Å². The summed E-state index contributed by atoms with van der Waals surface area (Å²) < 4.78 is 0. The van der Waals surface area contributed by atoms with Crippen molar-refractivity contribution in [3.05, 3.63) is 16.3 Å². The van der Waals surface area contributed by atoms with Crippen LogP contribution in [0.4, 0.5) is 11.5 Å². The molecule has 1 aromatic rings. The van der Waals surface area contributed by atoms with E-state index in [4.69, 9.17) is 5.11 Å². The first kappa shape index (κ1) is 11.4. The second kappa shape index (κ2) is 4.40. The molecule has 1 aromatic heterocycles. The lowest BCUT2D eigenvalue weighted by molar-refractivity contribution is -0.388. The zero-order valence-electron chi connectivity index (χ0n) is 9.00. The monoisotopic (exact) mass is 240 g/mol. The van der Waals surface area contributed by atoms with Crippen molar-refractivity contribution >= 4 is 17.5 Å². The second-order valence-corrected chi connectivity index (χ2v) is 3.96. The Morgan fingerprint density at radius 3 is 2.76 bits per heavy atom. The molecule has 2 N–H and O–H groups in total. The van der Waals surface area contributed by atoms with Gasteiger partial charge in [-0.3, -0.25) is 4.79 Å². The number of hydrogen-bond donors (Lipinski definition) is 2. The highest BCUT2D eigenvalue weighted by atomic mass is 16.6. The molecule has 2 heterocycles. The minimum atomic E-state index is -0.800. The summed E-state index contributed by atoms with van der Waals surface area (Å²) in [5, 5.41) is 25.5. The summed E-state index contributed by atoms with van der Waals surface area (Å²) in [6.07, 6.45) is 2.40. The lowest BCUT2D eigenvalue weighted by Gasteiger charge is -2.30. The van der Waals surface area contributed by atoms with Crippen LogP contribution in [-0.2, 0) is 4.79 Å². The van der Waals surface area contributed by atoms with E-state index in [1.54, 1.807) is 4.90 Å². The molecule has 8 heteroatoms. The van der Waals surface area contributed by atoms with E-state index >= 15 is 0 Å². The van der Waals surface area contributed by atoms with Gasteiger partial charge >= 0.3 is 11.8 Å². The number of nitrogens with one attached hydrogen (secondary N) is 1. The minimum Gasteiger partial charge on any atom is -0.481 e. The molecule has 0 aliphatic carbocycles. The predicted molar refractivity (Wildman–Crippen MR) is 57.8 cm³/mol. The maximum absolute atomic E-state index is 10.8. The van der Waals surface area contributed by atoms with Gasteiger partial charge < -0.3 is 20.1 Å². The first-order valence-corrected chi connectivity index (χ1v) is 5.25. The molecule has 0 unspecified atom stereocenters. The van der Waals surface area contributed by atoms with Crippen molar-refractivity contribution in [3.8, 4) is 0 Å². The molecule has 0 spiro atoms. The molecule has 0 bridgehead atoms. The fraction of sp³-hybridized carbons (Fsp3) is 0.556.